The number of anilines is 1. The molecule has 0 saturated carbocycles. The highest BCUT2D eigenvalue weighted by atomic mass is 35.5. The third-order valence-corrected chi connectivity index (χ3v) is 3.93. The van der Waals surface area contributed by atoms with E-state index in [4.69, 9.17) is 11.6 Å². The zero-order valence-corrected chi connectivity index (χ0v) is 13.3. The Balaban J connectivity index is 0.00000200. The first-order chi connectivity index (χ1) is 9.20. The van der Waals surface area contributed by atoms with Gasteiger partial charge in [0.2, 0.25) is 5.91 Å². The molecule has 1 aliphatic rings. The van der Waals surface area contributed by atoms with E-state index >= 15 is 0 Å². The summed E-state index contributed by atoms with van der Waals surface area (Å²) in [6, 6.07) is 7.48. The van der Waals surface area contributed by atoms with Crippen molar-refractivity contribution in [1.29, 1.82) is 0 Å². The van der Waals surface area contributed by atoms with E-state index in [2.05, 4.69) is 5.32 Å². The topological polar surface area (TPSA) is 32.3 Å². The van der Waals surface area contributed by atoms with Crippen molar-refractivity contribution in [2.45, 2.75) is 26.2 Å². The molecule has 0 aliphatic carbocycles. The standard InChI is InChI=1S/C15H21ClN2O.ClH/c1-2-18(14-5-3-13(16)4-6-14)15(19)11-12-7-9-17-10-8-12;/h3-6,12,17H,2,7-11H2,1H3;1H. The SMILES string of the molecule is CCN(C(=O)CC1CCNCC1)c1ccc(Cl)cc1.Cl. The van der Waals surface area contributed by atoms with Crippen molar-refractivity contribution in [3.8, 4) is 0 Å². The molecule has 3 nitrogen and oxygen atoms in total. The maximum atomic E-state index is 12.4. The van der Waals surface area contributed by atoms with Crippen LogP contribution < -0.4 is 10.2 Å². The van der Waals surface area contributed by atoms with Gasteiger partial charge in [0.25, 0.3) is 0 Å². The van der Waals surface area contributed by atoms with Crippen LogP contribution >= 0.6 is 24.0 Å². The molecule has 1 saturated heterocycles. The molecule has 1 N–H and O–H groups in total. The van der Waals surface area contributed by atoms with Crippen molar-refractivity contribution in [2.75, 3.05) is 24.5 Å². The van der Waals surface area contributed by atoms with Gasteiger partial charge in [0.1, 0.15) is 0 Å². The van der Waals surface area contributed by atoms with Crippen LogP contribution in [0.1, 0.15) is 26.2 Å². The molecule has 0 aromatic heterocycles. The van der Waals surface area contributed by atoms with Gasteiger partial charge in [-0.3, -0.25) is 4.79 Å². The molecular weight excluding hydrogens is 295 g/mol. The molecule has 5 heteroatoms. The van der Waals surface area contributed by atoms with Crippen molar-refractivity contribution in [1.82, 2.24) is 5.32 Å². The molecule has 1 amide bonds. The van der Waals surface area contributed by atoms with Crippen LogP contribution in [0.4, 0.5) is 5.69 Å². The molecular formula is C15H22Cl2N2O. The number of carbonyl (C=O) groups excluding carboxylic acids is 1. The van der Waals surface area contributed by atoms with E-state index in [9.17, 15) is 4.79 Å². The van der Waals surface area contributed by atoms with Gasteiger partial charge in [-0.15, -0.1) is 12.4 Å². The smallest absolute Gasteiger partial charge is 0.227 e. The van der Waals surface area contributed by atoms with Gasteiger partial charge in [0.15, 0.2) is 0 Å². The number of rotatable bonds is 4. The predicted octanol–water partition coefficient (Wildman–Crippen LogP) is 3.50. The summed E-state index contributed by atoms with van der Waals surface area (Å²) in [6.07, 6.45) is 2.85. The second-order valence-electron chi connectivity index (χ2n) is 5.01. The molecule has 2 rings (SSSR count). The Labute approximate surface area is 132 Å². The predicted molar refractivity (Wildman–Crippen MR) is 86.9 cm³/mol. The summed E-state index contributed by atoms with van der Waals surface area (Å²) in [5, 5.41) is 4.03. The summed E-state index contributed by atoms with van der Waals surface area (Å²) in [5.74, 6) is 0.742. The highest BCUT2D eigenvalue weighted by molar-refractivity contribution is 6.30. The first kappa shape index (κ1) is 17.3. The lowest BCUT2D eigenvalue weighted by Crippen LogP contribution is -2.35. The quantitative estimate of drug-likeness (QED) is 0.922. The maximum Gasteiger partial charge on any atom is 0.227 e. The van der Waals surface area contributed by atoms with Crippen LogP contribution in [0, 0.1) is 5.92 Å². The lowest BCUT2D eigenvalue weighted by Gasteiger charge is -2.26. The Bertz CT molecular complexity index is 416. The molecule has 112 valence electrons. The van der Waals surface area contributed by atoms with E-state index in [0.717, 1.165) is 31.6 Å². The van der Waals surface area contributed by atoms with Crippen LogP contribution in [0.2, 0.25) is 5.02 Å². The van der Waals surface area contributed by atoms with Gasteiger partial charge in [0, 0.05) is 23.7 Å². The molecule has 1 aromatic carbocycles. The van der Waals surface area contributed by atoms with Crippen LogP contribution in [0.15, 0.2) is 24.3 Å². The Morgan fingerprint density at radius 2 is 1.90 bits per heavy atom. The highest BCUT2D eigenvalue weighted by Gasteiger charge is 2.21. The summed E-state index contributed by atoms with van der Waals surface area (Å²) in [5.41, 5.74) is 0.936. The summed E-state index contributed by atoms with van der Waals surface area (Å²) in [4.78, 5) is 14.2. The first-order valence-electron chi connectivity index (χ1n) is 6.97. The molecule has 0 unspecified atom stereocenters. The van der Waals surface area contributed by atoms with Gasteiger partial charge in [-0.2, -0.15) is 0 Å². The number of hydrogen-bond donors (Lipinski definition) is 1. The van der Waals surface area contributed by atoms with Crippen molar-refractivity contribution in [3.63, 3.8) is 0 Å². The minimum atomic E-state index is 0. The van der Waals surface area contributed by atoms with Gasteiger partial charge in [-0.25, -0.2) is 0 Å². The second kappa shape index (κ2) is 8.50. The van der Waals surface area contributed by atoms with E-state index in [1.807, 2.05) is 36.1 Å². The van der Waals surface area contributed by atoms with Gasteiger partial charge in [-0.1, -0.05) is 11.6 Å². The lowest BCUT2D eigenvalue weighted by atomic mass is 9.94. The number of piperidine rings is 1. The van der Waals surface area contributed by atoms with Crippen LogP contribution in [-0.4, -0.2) is 25.5 Å². The average Bonchev–Trinajstić information content (AvgIpc) is 2.43. The number of nitrogens with one attached hydrogen (secondary N) is 1. The third kappa shape index (κ3) is 4.65. The molecule has 1 fully saturated rings. The summed E-state index contributed by atoms with van der Waals surface area (Å²) in [6.45, 7) is 4.77. The average molecular weight is 317 g/mol. The summed E-state index contributed by atoms with van der Waals surface area (Å²) < 4.78 is 0. The fourth-order valence-electron chi connectivity index (χ4n) is 2.57. The number of carbonyl (C=O) groups is 1. The third-order valence-electron chi connectivity index (χ3n) is 3.68. The largest absolute Gasteiger partial charge is 0.317 e. The number of hydrogen-bond acceptors (Lipinski definition) is 2. The Morgan fingerprint density at radius 1 is 1.30 bits per heavy atom. The van der Waals surface area contributed by atoms with E-state index in [0.29, 0.717) is 23.9 Å². The molecule has 1 aromatic rings. The molecule has 0 radical (unpaired) electrons. The molecule has 1 aliphatic heterocycles. The number of halogens is 2. The second-order valence-corrected chi connectivity index (χ2v) is 5.45. The molecule has 0 spiro atoms. The van der Waals surface area contributed by atoms with Gasteiger partial charge < -0.3 is 10.2 Å². The normalized spacial score (nSPS) is 15.5. The van der Waals surface area contributed by atoms with Crippen molar-refractivity contribution >= 4 is 35.6 Å². The van der Waals surface area contributed by atoms with Crippen LogP contribution in [0.25, 0.3) is 0 Å². The number of amides is 1. The molecule has 0 atom stereocenters. The summed E-state index contributed by atoms with van der Waals surface area (Å²) in [7, 11) is 0. The van der Waals surface area contributed by atoms with E-state index < -0.39 is 0 Å². The first-order valence-corrected chi connectivity index (χ1v) is 7.35. The lowest BCUT2D eigenvalue weighted by molar-refractivity contribution is -0.119. The van der Waals surface area contributed by atoms with Crippen molar-refractivity contribution in [2.24, 2.45) is 5.92 Å². The fraction of sp³-hybridized carbons (Fsp3) is 0.533. The van der Waals surface area contributed by atoms with Crippen LogP contribution in [0.3, 0.4) is 0 Å². The van der Waals surface area contributed by atoms with Gasteiger partial charge >= 0.3 is 0 Å². The van der Waals surface area contributed by atoms with Gasteiger partial charge in [0.05, 0.1) is 0 Å². The highest BCUT2D eigenvalue weighted by Crippen LogP contribution is 2.22. The number of benzene rings is 1. The molecule has 1 heterocycles. The summed E-state index contributed by atoms with van der Waals surface area (Å²) >= 11 is 5.88. The fourth-order valence-corrected chi connectivity index (χ4v) is 2.69. The van der Waals surface area contributed by atoms with Gasteiger partial charge in [-0.05, 0) is 63.0 Å². The Morgan fingerprint density at radius 3 is 2.45 bits per heavy atom. The van der Waals surface area contributed by atoms with Crippen LogP contribution in [-0.2, 0) is 4.79 Å². The Hall–Kier alpha value is -0.770. The van der Waals surface area contributed by atoms with E-state index in [-0.39, 0.29) is 18.3 Å². The maximum absolute atomic E-state index is 12.4. The minimum Gasteiger partial charge on any atom is -0.317 e. The zero-order chi connectivity index (χ0) is 13.7. The number of nitrogens with zero attached hydrogens (tertiary/aromatic N) is 1. The molecule has 20 heavy (non-hydrogen) atoms. The van der Waals surface area contributed by atoms with Crippen molar-refractivity contribution in [3.05, 3.63) is 29.3 Å². The van der Waals surface area contributed by atoms with Crippen molar-refractivity contribution < 1.29 is 4.79 Å². The van der Waals surface area contributed by atoms with Crippen LogP contribution in [0.5, 0.6) is 0 Å². The Kier molecular flexibility index (Phi) is 7.35. The van der Waals surface area contributed by atoms with E-state index in [1.54, 1.807) is 0 Å². The zero-order valence-electron chi connectivity index (χ0n) is 11.8. The van der Waals surface area contributed by atoms with E-state index in [1.165, 1.54) is 0 Å². The monoisotopic (exact) mass is 316 g/mol. The molecule has 0 bridgehead atoms. The minimum absolute atomic E-state index is 0.